The van der Waals surface area contributed by atoms with Gasteiger partial charge in [-0.3, -0.25) is 4.40 Å². The Morgan fingerprint density at radius 3 is 2.50 bits per heavy atom. The van der Waals surface area contributed by atoms with Crippen LogP contribution in [0.3, 0.4) is 0 Å². The Hall–Kier alpha value is -3.48. The third-order valence-corrected chi connectivity index (χ3v) is 4.16. The lowest BCUT2D eigenvalue weighted by Crippen LogP contribution is -2.08. The number of benzene rings is 1. The molecule has 0 saturated carbocycles. The van der Waals surface area contributed by atoms with Crippen LogP contribution in [0.4, 0.5) is 16.0 Å². The Morgan fingerprint density at radius 2 is 1.81 bits per heavy atom. The third kappa shape index (κ3) is 2.73. The quantitative estimate of drug-likeness (QED) is 0.615. The number of anilines is 2. The molecule has 4 aromatic rings. The first-order chi connectivity index (χ1) is 12.5. The Morgan fingerprint density at radius 1 is 1.04 bits per heavy atom. The average Bonchev–Trinajstić information content (AvgIpc) is 3.00. The summed E-state index contributed by atoms with van der Waals surface area (Å²) in [6, 6.07) is 12.0. The summed E-state index contributed by atoms with van der Waals surface area (Å²) < 4.78 is 15.3. The van der Waals surface area contributed by atoms with E-state index in [9.17, 15) is 4.39 Å². The molecule has 0 spiro atoms. The van der Waals surface area contributed by atoms with Crippen molar-refractivity contribution in [1.29, 1.82) is 0 Å². The first-order valence-electron chi connectivity index (χ1n) is 8.07. The Bertz CT molecular complexity index is 1090. The molecular formula is C19H17FN6. The minimum Gasteiger partial charge on any atom is -0.378 e. The van der Waals surface area contributed by atoms with Crippen LogP contribution in [0, 0.1) is 5.82 Å². The third-order valence-electron chi connectivity index (χ3n) is 4.16. The van der Waals surface area contributed by atoms with Gasteiger partial charge in [-0.25, -0.2) is 19.3 Å². The van der Waals surface area contributed by atoms with Gasteiger partial charge in [0.05, 0.1) is 17.1 Å². The fourth-order valence-corrected chi connectivity index (χ4v) is 2.87. The molecular weight excluding hydrogens is 331 g/mol. The second-order valence-corrected chi connectivity index (χ2v) is 6.12. The van der Waals surface area contributed by atoms with Gasteiger partial charge in [-0.2, -0.15) is 0 Å². The maximum Gasteiger partial charge on any atom is 0.220 e. The summed E-state index contributed by atoms with van der Waals surface area (Å²) in [4.78, 5) is 15.1. The Kier molecular flexibility index (Phi) is 3.76. The van der Waals surface area contributed by atoms with Gasteiger partial charge >= 0.3 is 0 Å². The van der Waals surface area contributed by atoms with Crippen molar-refractivity contribution in [3.63, 3.8) is 0 Å². The molecule has 0 fully saturated rings. The molecule has 2 N–H and O–H groups in total. The fraction of sp³-hybridized carbons (Fsp3) is 0.105. The van der Waals surface area contributed by atoms with E-state index in [-0.39, 0.29) is 11.8 Å². The summed E-state index contributed by atoms with van der Waals surface area (Å²) in [5, 5.41) is 0. The molecule has 1 aromatic carbocycles. The van der Waals surface area contributed by atoms with Crippen molar-refractivity contribution >= 4 is 17.3 Å². The number of rotatable bonds is 3. The van der Waals surface area contributed by atoms with Gasteiger partial charge < -0.3 is 10.6 Å². The minimum atomic E-state index is -0.291. The van der Waals surface area contributed by atoms with Crippen molar-refractivity contribution in [2.24, 2.45) is 0 Å². The zero-order valence-electron chi connectivity index (χ0n) is 14.4. The smallest absolute Gasteiger partial charge is 0.220 e. The van der Waals surface area contributed by atoms with Crippen LogP contribution >= 0.6 is 0 Å². The summed E-state index contributed by atoms with van der Waals surface area (Å²) in [5.74, 6) is -0.104. The van der Waals surface area contributed by atoms with E-state index in [0.717, 1.165) is 22.6 Å². The molecule has 6 nitrogen and oxygen atoms in total. The molecule has 0 bridgehead atoms. The van der Waals surface area contributed by atoms with E-state index in [4.69, 9.17) is 10.7 Å². The maximum atomic E-state index is 13.4. The number of imidazole rings is 1. The van der Waals surface area contributed by atoms with Crippen LogP contribution in [-0.4, -0.2) is 33.4 Å². The second-order valence-electron chi connectivity index (χ2n) is 6.12. The van der Waals surface area contributed by atoms with Crippen LogP contribution in [-0.2, 0) is 0 Å². The number of nitrogens with two attached hydrogens (primary N) is 1. The largest absolute Gasteiger partial charge is 0.378 e. The van der Waals surface area contributed by atoms with Crippen LogP contribution in [0.1, 0.15) is 0 Å². The SMILES string of the molecule is CN(C)c1ccn2c(-c3ccnc(N)n3)c(-c3ccc(F)cc3)nc2c1. The number of pyridine rings is 1. The van der Waals surface area contributed by atoms with E-state index in [2.05, 4.69) is 9.97 Å². The van der Waals surface area contributed by atoms with Gasteiger partial charge in [-0.15, -0.1) is 0 Å². The molecule has 0 aliphatic heterocycles. The van der Waals surface area contributed by atoms with Crippen LogP contribution < -0.4 is 10.6 Å². The van der Waals surface area contributed by atoms with Crippen molar-refractivity contribution < 1.29 is 4.39 Å². The number of fused-ring (bicyclic) bond motifs is 1. The lowest BCUT2D eigenvalue weighted by Gasteiger charge is -2.12. The zero-order chi connectivity index (χ0) is 18.3. The highest BCUT2D eigenvalue weighted by molar-refractivity contribution is 5.81. The first kappa shape index (κ1) is 16.0. The van der Waals surface area contributed by atoms with E-state index < -0.39 is 0 Å². The van der Waals surface area contributed by atoms with Gasteiger partial charge in [0.2, 0.25) is 5.95 Å². The number of nitrogen functional groups attached to an aromatic ring is 1. The average molecular weight is 348 g/mol. The molecule has 0 aliphatic rings. The molecule has 0 atom stereocenters. The van der Waals surface area contributed by atoms with Gasteiger partial charge in [0.1, 0.15) is 11.5 Å². The van der Waals surface area contributed by atoms with E-state index in [1.807, 2.05) is 41.7 Å². The molecule has 0 saturated heterocycles. The van der Waals surface area contributed by atoms with E-state index in [0.29, 0.717) is 11.4 Å². The molecule has 3 aromatic heterocycles. The van der Waals surface area contributed by atoms with Gasteiger partial charge in [0.25, 0.3) is 0 Å². The highest BCUT2D eigenvalue weighted by atomic mass is 19.1. The van der Waals surface area contributed by atoms with Gasteiger partial charge in [-0.05, 0) is 36.4 Å². The Labute approximate surface area is 149 Å². The fourth-order valence-electron chi connectivity index (χ4n) is 2.87. The maximum absolute atomic E-state index is 13.4. The van der Waals surface area contributed by atoms with Gasteiger partial charge in [0.15, 0.2) is 0 Å². The van der Waals surface area contributed by atoms with E-state index in [1.165, 1.54) is 12.1 Å². The standard InChI is InChI=1S/C19H17FN6/c1-25(2)14-8-10-26-16(11-14)24-17(12-3-5-13(20)6-4-12)18(26)15-7-9-22-19(21)23-15/h3-11H,1-2H3,(H2,21,22,23). The van der Waals surface area contributed by atoms with Crippen LogP contribution in [0.2, 0.25) is 0 Å². The van der Waals surface area contributed by atoms with Crippen molar-refractivity contribution in [2.45, 2.75) is 0 Å². The zero-order valence-corrected chi connectivity index (χ0v) is 14.4. The molecule has 26 heavy (non-hydrogen) atoms. The summed E-state index contributed by atoms with van der Waals surface area (Å²) in [6.45, 7) is 0. The van der Waals surface area contributed by atoms with Gasteiger partial charge in [0, 0.05) is 43.8 Å². The number of hydrogen-bond acceptors (Lipinski definition) is 5. The van der Waals surface area contributed by atoms with Gasteiger partial charge in [-0.1, -0.05) is 0 Å². The highest BCUT2D eigenvalue weighted by Gasteiger charge is 2.18. The summed E-state index contributed by atoms with van der Waals surface area (Å²) in [6.07, 6.45) is 3.55. The molecule has 130 valence electrons. The normalized spacial score (nSPS) is 11.0. The second kappa shape index (κ2) is 6.11. The predicted octanol–water partition coefficient (Wildman–Crippen LogP) is 3.25. The number of nitrogens with zero attached hydrogens (tertiary/aromatic N) is 5. The Balaban J connectivity index is 2.02. The van der Waals surface area contributed by atoms with E-state index >= 15 is 0 Å². The minimum absolute atomic E-state index is 0.187. The number of hydrogen-bond donors (Lipinski definition) is 1. The number of halogens is 1. The highest BCUT2D eigenvalue weighted by Crippen LogP contribution is 2.33. The van der Waals surface area contributed by atoms with Crippen LogP contribution in [0.5, 0.6) is 0 Å². The molecule has 3 heterocycles. The van der Waals surface area contributed by atoms with E-state index in [1.54, 1.807) is 24.4 Å². The summed E-state index contributed by atoms with van der Waals surface area (Å²) in [7, 11) is 3.95. The monoisotopic (exact) mass is 348 g/mol. The first-order valence-corrected chi connectivity index (χ1v) is 8.07. The lowest BCUT2D eigenvalue weighted by atomic mass is 10.1. The summed E-state index contributed by atoms with van der Waals surface area (Å²) in [5.41, 5.74) is 10.5. The lowest BCUT2D eigenvalue weighted by molar-refractivity contribution is 0.628. The molecule has 0 aliphatic carbocycles. The molecule has 0 amide bonds. The predicted molar refractivity (Wildman–Crippen MR) is 100 cm³/mol. The topological polar surface area (TPSA) is 72.3 Å². The van der Waals surface area contributed by atoms with Crippen LogP contribution in [0.25, 0.3) is 28.3 Å². The molecule has 7 heteroatoms. The van der Waals surface area contributed by atoms with Crippen molar-refractivity contribution in [2.75, 3.05) is 24.7 Å². The van der Waals surface area contributed by atoms with Crippen LogP contribution in [0.15, 0.2) is 54.9 Å². The van der Waals surface area contributed by atoms with Crippen molar-refractivity contribution in [1.82, 2.24) is 19.4 Å². The number of aromatic nitrogens is 4. The molecule has 0 radical (unpaired) electrons. The van der Waals surface area contributed by atoms with Crippen molar-refractivity contribution in [3.8, 4) is 22.6 Å². The molecule has 4 rings (SSSR count). The molecule has 0 unspecified atom stereocenters. The van der Waals surface area contributed by atoms with Crippen molar-refractivity contribution in [3.05, 3.63) is 60.7 Å². The summed E-state index contributed by atoms with van der Waals surface area (Å²) >= 11 is 0.